The number of nitro benzene ring substituents is 1. The Hall–Kier alpha value is -4.92. The third kappa shape index (κ3) is 5.58. The molecule has 0 unspecified atom stereocenters. The zero-order chi connectivity index (χ0) is 25.7. The molecular formula is C27H22N2O7. The number of carbonyl (C=O) groups excluding carboxylic acids is 2. The molecule has 9 heteroatoms. The Morgan fingerprint density at radius 1 is 0.944 bits per heavy atom. The van der Waals surface area contributed by atoms with Gasteiger partial charge < -0.3 is 19.9 Å². The highest BCUT2D eigenvalue weighted by Gasteiger charge is 2.24. The van der Waals surface area contributed by atoms with Crippen LogP contribution in [-0.2, 0) is 16.0 Å². The van der Waals surface area contributed by atoms with Crippen molar-refractivity contribution in [2.24, 2.45) is 0 Å². The summed E-state index contributed by atoms with van der Waals surface area (Å²) in [5.74, 6) is -0.500. The Balaban J connectivity index is 1.46. The molecule has 0 radical (unpaired) electrons. The number of nitrogens with zero attached hydrogens (tertiary/aromatic N) is 1. The van der Waals surface area contributed by atoms with E-state index < -0.39 is 22.8 Å². The lowest BCUT2D eigenvalue weighted by Gasteiger charge is -2.17. The zero-order valence-electron chi connectivity index (χ0n) is 19.2. The molecule has 36 heavy (non-hydrogen) atoms. The first-order valence-electron chi connectivity index (χ1n) is 11.0. The second-order valence-corrected chi connectivity index (χ2v) is 7.97. The number of phenols is 1. The highest BCUT2D eigenvalue weighted by molar-refractivity contribution is 6.02. The fourth-order valence-corrected chi connectivity index (χ4v) is 3.68. The van der Waals surface area contributed by atoms with Crippen molar-refractivity contribution in [1.29, 1.82) is 0 Å². The summed E-state index contributed by atoms with van der Waals surface area (Å²) >= 11 is 0. The van der Waals surface area contributed by atoms with Crippen molar-refractivity contribution in [1.82, 2.24) is 5.32 Å². The molecule has 0 heterocycles. The van der Waals surface area contributed by atoms with Crippen LogP contribution in [0.15, 0.2) is 84.9 Å². The number of methoxy groups -OCH3 is 1. The summed E-state index contributed by atoms with van der Waals surface area (Å²) in [6.45, 7) is 0. The maximum atomic E-state index is 12.9. The van der Waals surface area contributed by atoms with Gasteiger partial charge in [0.1, 0.15) is 23.3 Å². The normalized spacial score (nSPS) is 11.5. The van der Waals surface area contributed by atoms with Gasteiger partial charge in [0.15, 0.2) is 0 Å². The predicted molar refractivity (Wildman–Crippen MR) is 132 cm³/mol. The topological polar surface area (TPSA) is 128 Å². The lowest BCUT2D eigenvalue weighted by Crippen LogP contribution is -2.43. The highest BCUT2D eigenvalue weighted by Crippen LogP contribution is 2.26. The zero-order valence-corrected chi connectivity index (χ0v) is 19.2. The number of esters is 1. The average Bonchev–Trinajstić information content (AvgIpc) is 2.88. The number of nitrogens with one attached hydrogen (secondary N) is 1. The van der Waals surface area contributed by atoms with Gasteiger partial charge in [0.2, 0.25) is 0 Å². The molecule has 4 aromatic rings. The first kappa shape index (κ1) is 24.2. The molecule has 0 aliphatic rings. The summed E-state index contributed by atoms with van der Waals surface area (Å²) in [5.41, 5.74) is 0.740. The van der Waals surface area contributed by atoms with Crippen LogP contribution in [0.3, 0.4) is 0 Å². The van der Waals surface area contributed by atoms with Gasteiger partial charge in [0.05, 0.1) is 17.6 Å². The van der Waals surface area contributed by atoms with E-state index in [0.29, 0.717) is 11.5 Å². The summed E-state index contributed by atoms with van der Waals surface area (Å²) in [5, 5.41) is 25.3. The number of nitro groups is 1. The Kier molecular flexibility index (Phi) is 7.10. The second kappa shape index (κ2) is 10.6. The number of phenolic OH excluding ortho intramolecular Hbond substituents is 1. The molecule has 0 fully saturated rings. The molecule has 0 bridgehead atoms. The van der Waals surface area contributed by atoms with E-state index in [0.717, 1.165) is 16.3 Å². The lowest BCUT2D eigenvalue weighted by atomic mass is 10.0. The first-order chi connectivity index (χ1) is 17.3. The highest BCUT2D eigenvalue weighted by atomic mass is 16.6. The number of ether oxygens (including phenoxy) is 2. The quantitative estimate of drug-likeness (QED) is 0.209. The molecule has 0 aromatic heterocycles. The van der Waals surface area contributed by atoms with E-state index in [9.17, 15) is 24.8 Å². The van der Waals surface area contributed by atoms with Crippen LogP contribution in [0.1, 0.15) is 15.9 Å². The second-order valence-electron chi connectivity index (χ2n) is 7.97. The number of benzene rings is 4. The molecule has 9 nitrogen and oxygen atoms in total. The maximum absolute atomic E-state index is 12.9. The van der Waals surface area contributed by atoms with E-state index in [1.54, 1.807) is 30.3 Å². The average molecular weight is 486 g/mol. The van der Waals surface area contributed by atoms with Crippen LogP contribution in [0.4, 0.5) is 5.69 Å². The van der Waals surface area contributed by atoms with Crippen LogP contribution in [-0.4, -0.2) is 35.1 Å². The predicted octanol–water partition coefficient (Wildman–Crippen LogP) is 4.76. The summed E-state index contributed by atoms with van der Waals surface area (Å²) < 4.78 is 10.6. The molecule has 1 amide bonds. The number of amides is 1. The van der Waals surface area contributed by atoms with Gasteiger partial charge in [-0.2, -0.15) is 0 Å². The molecule has 0 aliphatic heterocycles. The Bertz CT molecular complexity index is 1420. The van der Waals surface area contributed by atoms with Crippen molar-refractivity contribution in [3.05, 3.63) is 106 Å². The van der Waals surface area contributed by atoms with Crippen molar-refractivity contribution in [2.75, 3.05) is 7.11 Å². The smallest absolute Gasteiger partial charge is 0.328 e. The molecule has 2 N–H and O–H groups in total. The SMILES string of the molecule is COC(=O)[C@H](Cc1ccc(Oc2ccc([N+](=O)[O-])cc2)cc1)NC(=O)c1cc2ccccc2cc1O. The van der Waals surface area contributed by atoms with Gasteiger partial charge in [-0.3, -0.25) is 14.9 Å². The molecule has 0 saturated heterocycles. The van der Waals surface area contributed by atoms with Gasteiger partial charge in [-0.05, 0) is 52.7 Å². The van der Waals surface area contributed by atoms with E-state index in [2.05, 4.69) is 5.32 Å². The molecule has 0 aliphatic carbocycles. The van der Waals surface area contributed by atoms with Crippen LogP contribution < -0.4 is 10.1 Å². The third-order valence-electron chi connectivity index (χ3n) is 5.55. The van der Waals surface area contributed by atoms with Crippen LogP contribution >= 0.6 is 0 Å². The van der Waals surface area contributed by atoms with Crippen LogP contribution in [0.2, 0.25) is 0 Å². The van der Waals surface area contributed by atoms with Crippen LogP contribution in [0.25, 0.3) is 10.8 Å². The third-order valence-corrected chi connectivity index (χ3v) is 5.55. The molecule has 4 rings (SSSR count). The summed E-state index contributed by atoms with van der Waals surface area (Å²) in [4.78, 5) is 35.6. The molecule has 182 valence electrons. The fourth-order valence-electron chi connectivity index (χ4n) is 3.68. The minimum atomic E-state index is -0.991. The number of non-ortho nitro benzene ring substituents is 1. The maximum Gasteiger partial charge on any atom is 0.328 e. The van der Waals surface area contributed by atoms with Crippen molar-refractivity contribution in [2.45, 2.75) is 12.5 Å². The fraction of sp³-hybridized carbons (Fsp3) is 0.111. The van der Waals surface area contributed by atoms with Crippen LogP contribution in [0.5, 0.6) is 17.2 Å². The largest absolute Gasteiger partial charge is 0.507 e. The van der Waals surface area contributed by atoms with Gasteiger partial charge in [0, 0.05) is 18.6 Å². The molecule has 0 spiro atoms. The van der Waals surface area contributed by atoms with E-state index in [4.69, 9.17) is 9.47 Å². The van der Waals surface area contributed by atoms with Crippen molar-refractivity contribution in [3.63, 3.8) is 0 Å². The van der Waals surface area contributed by atoms with E-state index in [1.165, 1.54) is 37.4 Å². The monoisotopic (exact) mass is 486 g/mol. The van der Waals surface area contributed by atoms with Gasteiger partial charge in [-0.15, -0.1) is 0 Å². The summed E-state index contributed by atoms with van der Waals surface area (Å²) in [6.07, 6.45) is 0.143. The van der Waals surface area contributed by atoms with E-state index >= 15 is 0 Å². The molecule has 4 aromatic carbocycles. The number of fused-ring (bicyclic) bond motifs is 1. The van der Waals surface area contributed by atoms with Crippen molar-refractivity contribution < 1.29 is 29.1 Å². The molecule has 1 atom stereocenters. The summed E-state index contributed by atoms with van der Waals surface area (Å²) in [7, 11) is 1.23. The number of hydrogen-bond donors (Lipinski definition) is 2. The van der Waals surface area contributed by atoms with Gasteiger partial charge in [-0.25, -0.2) is 4.79 Å². The number of hydrogen-bond acceptors (Lipinski definition) is 7. The number of aromatic hydroxyl groups is 1. The minimum absolute atomic E-state index is 0.0365. The standard InChI is InChI=1S/C27H22N2O7/c1-35-27(32)24(28-26(31)23-15-18-4-2-3-5-19(18)16-25(23)30)14-17-6-10-21(11-7-17)36-22-12-8-20(9-13-22)29(33)34/h2-13,15-16,24,30H,14H2,1H3,(H,28,31)/t24-/m0/s1. The molecular weight excluding hydrogens is 464 g/mol. The minimum Gasteiger partial charge on any atom is -0.507 e. The first-order valence-corrected chi connectivity index (χ1v) is 11.0. The lowest BCUT2D eigenvalue weighted by molar-refractivity contribution is -0.384. The van der Waals surface area contributed by atoms with Gasteiger partial charge in [0.25, 0.3) is 11.6 Å². The van der Waals surface area contributed by atoms with Crippen molar-refractivity contribution in [3.8, 4) is 17.2 Å². The number of carbonyl (C=O) groups is 2. The van der Waals surface area contributed by atoms with Crippen molar-refractivity contribution >= 4 is 28.3 Å². The van der Waals surface area contributed by atoms with Crippen LogP contribution in [0, 0.1) is 10.1 Å². The summed E-state index contributed by atoms with van der Waals surface area (Å²) in [6, 6.07) is 21.9. The van der Waals surface area contributed by atoms with E-state index in [-0.39, 0.29) is 23.4 Å². The van der Waals surface area contributed by atoms with E-state index in [1.807, 2.05) is 24.3 Å². The molecule has 0 saturated carbocycles. The van der Waals surface area contributed by atoms with Gasteiger partial charge in [-0.1, -0.05) is 36.4 Å². The number of rotatable bonds is 8. The Morgan fingerprint density at radius 3 is 2.11 bits per heavy atom. The Morgan fingerprint density at radius 2 is 1.53 bits per heavy atom. The Labute approximate surface area is 206 Å². The van der Waals surface area contributed by atoms with Gasteiger partial charge >= 0.3 is 5.97 Å².